The Bertz CT molecular complexity index is 541. The maximum atomic E-state index is 12.3. The van der Waals surface area contributed by atoms with Crippen LogP contribution in [0.4, 0.5) is 5.69 Å². The van der Waals surface area contributed by atoms with Gasteiger partial charge in [-0.25, -0.2) is 0 Å². The molecule has 6 nitrogen and oxygen atoms in total. The van der Waals surface area contributed by atoms with Gasteiger partial charge in [0, 0.05) is 12.5 Å². The molecule has 1 fully saturated rings. The van der Waals surface area contributed by atoms with Crippen LogP contribution in [0.2, 0.25) is 0 Å². The Labute approximate surface area is 130 Å². The Morgan fingerprint density at radius 2 is 2.09 bits per heavy atom. The lowest BCUT2D eigenvalue weighted by Crippen LogP contribution is -2.27. The van der Waals surface area contributed by atoms with E-state index in [9.17, 15) is 9.59 Å². The summed E-state index contributed by atoms with van der Waals surface area (Å²) in [5.74, 6) is 0.321. The van der Waals surface area contributed by atoms with Crippen LogP contribution in [0, 0.1) is 0 Å². The number of hydrogen-bond donors (Lipinski definition) is 3. The Kier molecular flexibility index (Phi) is 5.77. The highest BCUT2D eigenvalue weighted by atomic mass is 16.5. The van der Waals surface area contributed by atoms with Crippen LogP contribution in [-0.4, -0.2) is 38.6 Å². The van der Waals surface area contributed by atoms with Crippen molar-refractivity contribution in [1.82, 2.24) is 10.6 Å². The molecule has 0 spiro atoms. The Balaban J connectivity index is 2.07. The summed E-state index contributed by atoms with van der Waals surface area (Å²) in [5, 5.41) is 8.74. The SMILES string of the molecule is CNCCCC(=O)Nc1ccc(OC)cc1C(=O)NC1CC1. The van der Waals surface area contributed by atoms with E-state index >= 15 is 0 Å². The second kappa shape index (κ2) is 7.79. The highest BCUT2D eigenvalue weighted by Crippen LogP contribution is 2.25. The molecule has 1 aliphatic carbocycles. The molecule has 0 radical (unpaired) electrons. The van der Waals surface area contributed by atoms with Crippen molar-refractivity contribution in [3.63, 3.8) is 0 Å². The van der Waals surface area contributed by atoms with E-state index in [1.807, 2.05) is 7.05 Å². The first kappa shape index (κ1) is 16.3. The molecule has 1 aliphatic rings. The first-order valence-corrected chi connectivity index (χ1v) is 7.57. The minimum atomic E-state index is -0.174. The molecule has 3 N–H and O–H groups in total. The molecule has 0 saturated heterocycles. The molecular weight excluding hydrogens is 282 g/mol. The Hall–Kier alpha value is -2.08. The number of carbonyl (C=O) groups is 2. The van der Waals surface area contributed by atoms with Crippen LogP contribution in [0.15, 0.2) is 18.2 Å². The number of rotatable bonds is 8. The summed E-state index contributed by atoms with van der Waals surface area (Å²) in [6.07, 6.45) is 3.20. The third kappa shape index (κ3) is 4.73. The number of hydrogen-bond acceptors (Lipinski definition) is 4. The second-order valence-corrected chi connectivity index (χ2v) is 5.41. The molecule has 1 aromatic carbocycles. The van der Waals surface area contributed by atoms with Crippen LogP contribution in [0.1, 0.15) is 36.0 Å². The number of methoxy groups -OCH3 is 1. The van der Waals surface area contributed by atoms with Gasteiger partial charge in [0.15, 0.2) is 0 Å². The summed E-state index contributed by atoms with van der Waals surface area (Å²) < 4.78 is 5.16. The molecule has 0 atom stereocenters. The van der Waals surface area contributed by atoms with Crippen molar-refractivity contribution in [1.29, 1.82) is 0 Å². The fourth-order valence-corrected chi connectivity index (χ4v) is 2.08. The number of amides is 2. The third-order valence-electron chi connectivity index (χ3n) is 3.49. The van der Waals surface area contributed by atoms with E-state index in [0.717, 1.165) is 25.8 Å². The highest BCUT2D eigenvalue weighted by Gasteiger charge is 2.25. The van der Waals surface area contributed by atoms with Gasteiger partial charge in [-0.2, -0.15) is 0 Å². The first-order valence-electron chi connectivity index (χ1n) is 7.57. The number of anilines is 1. The summed E-state index contributed by atoms with van der Waals surface area (Å²) in [6.45, 7) is 0.783. The molecule has 22 heavy (non-hydrogen) atoms. The molecular formula is C16H23N3O3. The van der Waals surface area contributed by atoms with Crippen molar-refractivity contribution < 1.29 is 14.3 Å². The van der Waals surface area contributed by atoms with Crippen molar-refractivity contribution in [2.24, 2.45) is 0 Å². The molecule has 2 amide bonds. The molecule has 1 aromatic rings. The van der Waals surface area contributed by atoms with Gasteiger partial charge in [0.05, 0.1) is 18.4 Å². The number of carbonyl (C=O) groups excluding carboxylic acids is 2. The van der Waals surface area contributed by atoms with Gasteiger partial charge in [0.2, 0.25) is 5.91 Å². The van der Waals surface area contributed by atoms with Crippen molar-refractivity contribution in [3.05, 3.63) is 23.8 Å². The maximum absolute atomic E-state index is 12.3. The zero-order valence-electron chi connectivity index (χ0n) is 13.1. The van der Waals surface area contributed by atoms with Crippen molar-refractivity contribution in [2.45, 2.75) is 31.7 Å². The predicted molar refractivity (Wildman–Crippen MR) is 85.3 cm³/mol. The van der Waals surface area contributed by atoms with Crippen LogP contribution in [0.5, 0.6) is 5.75 Å². The van der Waals surface area contributed by atoms with E-state index in [4.69, 9.17) is 4.74 Å². The van der Waals surface area contributed by atoms with Crippen molar-refractivity contribution in [2.75, 3.05) is 26.0 Å². The first-order chi connectivity index (χ1) is 10.6. The summed E-state index contributed by atoms with van der Waals surface area (Å²) in [5.41, 5.74) is 0.960. The van der Waals surface area contributed by atoms with Crippen molar-refractivity contribution in [3.8, 4) is 5.75 Å². The monoisotopic (exact) mass is 305 g/mol. The molecule has 0 bridgehead atoms. The van der Waals surface area contributed by atoms with Gasteiger partial charge in [-0.05, 0) is 51.1 Å². The maximum Gasteiger partial charge on any atom is 0.253 e. The standard InChI is InChI=1S/C16H23N3O3/c1-17-9-3-4-15(20)19-14-8-7-12(22-2)10-13(14)16(21)18-11-5-6-11/h7-8,10-11,17H,3-6,9H2,1-2H3,(H,18,21)(H,19,20). The minimum absolute atomic E-state index is 0.0964. The summed E-state index contributed by atoms with van der Waals surface area (Å²) in [4.78, 5) is 24.2. The molecule has 0 aromatic heterocycles. The van der Waals surface area contributed by atoms with E-state index in [2.05, 4.69) is 16.0 Å². The topological polar surface area (TPSA) is 79.5 Å². The predicted octanol–water partition coefficient (Wildman–Crippen LogP) is 1.53. The van der Waals surface area contributed by atoms with E-state index in [-0.39, 0.29) is 17.9 Å². The van der Waals surface area contributed by atoms with Crippen LogP contribution < -0.4 is 20.7 Å². The number of benzene rings is 1. The largest absolute Gasteiger partial charge is 0.497 e. The number of ether oxygens (including phenoxy) is 1. The quantitative estimate of drug-likeness (QED) is 0.636. The van der Waals surface area contributed by atoms with Gasteiger partial charge in [0.1, 0.15) is 5.75 Å². The van der Waals surface area contributed by atoms with Crippen LogP contribution in [-0.2, 0) is 4.79 Å². The van der Waals surface area contributed by atoms with E-state index in [1.165, 1.54) is 0 Å². The lowest BCUT2D eigenvalue weighted by Gasteiger charge is -2.13. The molecule has 0 unspecified atom stereocenters. The van der Waals surface area contributed by atoms with Gasteiger partial charge >= 0.3 is 0 Å². The summed E-state index contributed by atoms with van der Waals surface area (Å²) in [7, 11) is 3.40. The minimum Gasteiger partial charge on any atom is -0.497 e. The third-order valence-corrected chi connectivity index (χ3v) is 3.49. The van der Waals surface area contributed by atoms with E-state index in [0.29, 0.717) is 23.4 Å². The fraction of sp³-hybridized carbons (Fsp3) is 0.500. The molecule has 1 saturated carbocycles. The molecule has 0 aliphatic heterocycles. The number of nitrogens with one attached hydrogen (secondary N) is 3. The van der Waals surface area contributed by atoms with E-state index in [1.54, 1.807) is 25.3 Å². The lowest BCUT2D eigenvalue weighted by molar-refractivity contribution is -0.116. The Morgan fingerprint density at radius 3 is 2.73 bits per heavy atom. The molecule has 2 rings (SSSR count). The second-order valence-electron chi connectivity index (χ2n) is 5.41. The highest BCUT2D eigenvalue weighted by molar-refractivity contribution is 6.04. The van der Waals surface area contributed by atoms with Crippen LogP contribution >= 0.6 is 0 Å². The van der Waals surface area contributed by atoms with Gasteiger partial charge in [-0.3, -0.25) is 9.59 Å². The smallest absolute Gasteiger partial charge is 0.253 e. The molecule has 120 valence electrons. The summed E-state index contributed by atoms with van der Waals surface area (Å²) >= 11 is 0. The van der Waals surface area contributed by atoms with Crippen LogP contribution in [0.3, 0.4) is 0 Å². The Morgan fingerprint density at radius 1 is 1.32 bits per heavy atom. The molecule has 6 heteroatoms. The van der Waals surface area contributed by atoms with Gasteiger partial charge in [0.25, 0.3) is 5.91 Å². The fourth-order valence-electron chi connectivity index (χ4n) is 2.08. The van der Waals surface area contributed by atoms with E-state index < -0.39 is 0 Å². The summed E-state index contributed by atoms with van der Waals surface area (Å²) in [6, 6.07) is 5.35. The van der Waals surface area contributed by atoms with Gasteiger partial charge in [-0.15, -0.1) is 0 Å². The molecule has 0 heterocycles. The van der Waals surface area contributed by atoms with Crippen LogP contribution in [0.25, 0.3) is 0 Å². The normalized spacial score (nSPS) is 13.5. The average Bonchev–Trinajstić information content (AvgIpc) is 3.31. The zero-order valence-corrected chi connectivity index (χ0v) is 13.1. The van der Waals surface area contributed by atoms with Gasteiger partial charge < -0.3 is 20.7 Å². The van der Waals surface area contributed by atoms with Gasteiger partial charge in [-0.1, -0.05) is 0 Å². The van der Waals surface area contributed by atoms with Crippen molar-refractivity contribution >= 4 is 17.5 Å². The lowest BCUT2D eigenvalue weighted by atomic mass is 10.1. The zero-order chi connectivity index (χ0) is 15.9. The average molecular weight is 305 g/mol.